The summed E-state index contributed by atoms with van der Waals surface area (Å²) < 4.78 is 1.11. The van der Waals surface area contributed by atoms with Crippen LogP contribution in [0.3, 0.4) is 0 Å². The van der Waals surface area contributed by atoms with E-state index in [1.54, 1.807) is 0 Å². The molecule has 0 amide bonds. The highest BCUT2D eigenvalue weighted by Crippen LogP contribution is 2.40. The zero-order valence-corrected chi connectivity index (χ0v) is 10.5. The van der Waals surface area contributed by atoms with Crippen LogP contribution in [0.2, 0.25) is 0 Å². The quantitative estimate of drug-likeness (QED) is 0.896. The van der Waals surface area contributed by atoms with Gasteiger partial charge in [0.1, 0.15) is 0 Å². The molecule has 0 aliphatic heterocycles. The molecule has 1 aliphatic rings. The minimum absolute atomic E-state index is 0.123. The molecule has 1 heterocycles. The normalized spacial score (nSPS) is 20.1. The predicted molar refractivity (Wildman–Crippen MR) is 65.8 cm³/mol. The highest BCUT2D eigenvalue weighted by molar-refractivity contribution is 9.10. The summed E-state index contributed by atoms with van der Waals surface area (Å²) in [6, 6.07) is 4.02. The largest absolute Gasteiger partial charge is 0.330 e. The third kappa shape index (κ3) is 2.08. The van der Waals surface area contributed by atoms with E-state index in [4.69, 9.17) is 5.73 Å². The monoisotopic (exact) mass is 268 g/mol. The van der Waals surface area contributed by atoms with Gasteiger partial charge in [-0.2, -0.15) is 0 Å². The average molecular weight is 269 g/mol. The van der Waals surface area contributed by atoms with Gasteiger partial charge >= 0.3 is 0 Å². The molecule has 15 heavy (non-hydrogen) atoms. The van der Waals surface area contributed by atoms with E-state index in [2.05, 4.69) is 27.0 Å². The van der Waals surface area contributed by atoms with Crippen molar-refractivity contribution >= 4 is 15.9 Å². The zero-order chi connectivity index (χ0) is 10.7. The lowest BCUT2D eigenvalue weighted by Crippen LogP contribution is -2.38. The molecule has 2 N–H and O–H groups in total. The molecular formula is C12H17BrN2. The number of hydrogen-bond acceptors (Lipinski definition) is 2. The van der Waals surface area contributed by atoms with Crippen LogP contribution in [0.1, 0.15) is 37.8 Å². The van der Waals surface area contributed by atoms with E-state index >= 15 is 0 Å². The summed E-state index contributed by atoms with van der Waals surface area (Å²) in [7, 11) is 0. The number of nitrogens with two attached hydrogens (primary N) is 1. The van der Waals surface area contributed by atoms with E-state index in [1.807, 2.05) is 12.3 Å². The molecule has 3 heteroatoms. The maximum Gasteiger partial charge on any atom is 0.0619 e. The second kappa shape index (κ2) is 4.62. The van der Waals surface area contributed by atoms with Gasteiger partial charge in [-0.25, -0.2) is 0 Å². The van der Waals surface area contributed by atoms with E-state index in [9.17, 15) is 0 Å². The Labute approximate surface area is 99.4 Å². The van der Waals surface area contributed by atoms with Gasteiger partial charge in [0.05, 0.1) is 5.69 Å². The molecule has 1 saturated carbocycles. The van der Waals surface area contributed by atoms with Crippen molar-refractivity contribution in [3.63, 3.8) is 0 Å². The smallest absolute Gasteiger partial charge is 0.0619 e. The van der Waals surface area contributed by atoms with Gasteiger partial charge in [-0.1, -0.05) is 19.3 Å². The maximum atomic E-state index is 5.98. The molecule has 1 fully saturated rings. The van der Waals surface area contributed by atoms with E-state index in [-0.39, 0.29) is 5.41 Å². The lowest BCUT2D eigenvalue weighted by molar-refractivity contribution is 0.292. The molecule has 0 radical (unpaired) electrons. The molecule has 82 valence electrons. The van der Waals surface area contributed by atoms with Gasteiger partial charge in [0, 0.05) is 22.6 Å². The number of nitrogens with zero attached hydrogens (tertiary/aromatic N) is 1. The first kappa shape index (κ1) is 11.1. The van der Waals surface area contributed by atoms with Gasteiger partial charge in [0.15, 0.2) is 0 Å². The summed E-state index contributed by atoms with van der Waals surface area (Å²) in [5, 5.41) is 0. The fourth-order valence-corrected chi connectivity index (χ4v) is 3.22. The summed E-state index contributed by atoms with van der Waals surface area (Å²) in [5.41, 5.74) is 7.26. The summed E-state index contributed by atoms with van der Waals surface area (Å²) in [4.78, 5) is 4.52. The number of pyridine rings is 1. The van der Waals surface area contributed by atoms with Gasteiger partial charge in [0.2, 0.25) is 0 Å². The molecular weight excluding hydrogens is 252 g/mol. The molecule has 0 atom stereocenters. The van der Waals surface area contributed by atoms with Crippen molar-refractivity contribution in [1.29, 1.82) is 0 Å². The van der Waals surface area contributed by atoms with Gasteiger partial charge in [-0.05, 0) is 40.9 Å². The Bertz CT molecular complexity index is 332. The first-order chi connectivity index (χ1) is 7.28. The highest BCUT2D eigenvalue weighted by Gasteiger charge is 2.35. The third-order valence-corrected chi connectivity index (χ3v) is 4.10. The minimum Gasteiger partial charge on any atom is -0.330 e. The molecule has 1 aromatic rings. The summed E-state index contributed by atoms with van der Waals surface area (Å²) in [5.74, 6) is 0. The first-order valence-corrected chi connectivity index (χ1v) is 6.39. The Morgan fingerprint density at radius 1 is 1.33 bits per heavy atom. The van der Waals surface area contributed by atoms with Crippen LogP contribution in [0.25, 0.3) is 0 Å². The zero-order valence-electron chi connectivity index (χ0n) is 8.88. The van der Waals surface area contributed by atoms with Crippen molar-refractivity contribution in [2.75, 3.05) is 6.54 Å². The van der Waals surface area contributed by atoms with Gasteiger partial charge in [-0.15, -0.1) is 0 Å². The second-order valence-corrected chi connectivity index (χ2v) is 5.23. The Morgan fingerprint density at radius 3 is 2.67 bits per heavy atom. The number of aromatic nitrogens is 1. The molecule has 0 unspecified atom stereocenters. The summed E-state index contributed by atoms with van der Waals surface area (Å²) >= 11 is 3.59. The van der Waals surface area contributed by atoms with Crippen molar-refractivity contribution in [3.8, 4) is 0 Å². The van der Waals surface area contributed by atoms with Crippen molar-refractivity contribution in [2.24, 2.45) is 5.73 Å². The molecule has 1 aromatic heterocycles. The van der Waals surface area contributed by atoms with Gasteiger partial charge < -0.3 is 5.73 Å². The van der Waals surface area contributed by atoms with Crippen molar-refractivity contribution in [3.05, 3.63) is 28.5 Å². The molecule has 2 nitrogen and oxygen atoms in total. The van der Waals surface area contributed by atoms with Crippen molar-refractivity contribution in [1.82, 2.24) is 4.98 Å². The topological polar surface area (TPSA) is 38.9 Å². The fourth-order valence-electron chi connectivity index (χ4n) is 2.54. The third-order valence-electron chi connectivity index (χ3n) is 3.46. The first-order valence-electron chi connectivity index (χ1n) is 5.60. The van der Waals surface area contributed by atoms with Crippen LogP contribution in [0.5, 0.6) is 0 Å². The van der Waals surface area contributed by atoms with E-state index in [1.165, 1.54) is 32.1 Å². The standard InChI is InChI=1S/C12H17BrN2/c13-10-5-4-8-15-11(10)12(9-14)6-2-1-3-7-12/h4-5,8H,1-3,6-7,9,14H2. The van der Waals surface area contributed by atoms with Crippen LogP contribution in [-0.2, 0) is 5.41 Å². The number of hydrogen-bond donors (Lipinski definition) is 1. The molecule has 2 rings (SSSR count). The van der Waals surface area contributed by atoms with Crippen LogP contribution in [0.4, 0.5) is 0 Å². The molecule has 0 aromatic carbocycles. The predicted octanol–water partition coefficient (Wildman–Crippen LogP) is 3.00. The average Bonchev–Trinajstić information content (AvgIpc) is 2.30. The van der Waals surface area contributed by atoms with Crippen molar-refractivity contribution in [2.45, 2.75) is 37.5 Å². The van der Waals surface area contributed by atoms with E-state index in [0.29, 0.717) is 6.54 Å². The molecule has 1 aliphatic carbocycles. The minimum atomic E-state index is 0.123. The van der Waals surface area contributed by atoms with Crippen LogP contribution in [-0.4, -0.2) is 11.5 Å². The number of rotatable bonds is 2. The second-order valence-electron chi connectivity index (χ2n) is 4.38. The molecule has 0 spiro atoms. The summed E-state index contributed by atoms with van der Waals surface area (Å²) in [6.45, 7) is 0.711. The van der Waals surface area contributed by atoms with Crippen LogP contribution >= 0.6 is 15.9 Å². The number of halogens is 1. The van der Waals surface area contributed by atoms with E-state index in [0.717, 1.165) is 10.2 Å². The van der Waals surface area contributed by atoms with Crippen molar-refractivity contribution < 1.29 is 0 Å². The van der Waals surface area contributed by atoms with Crippen LogP contribution < -0.4 is 5.73 Å². The van der Waals surface area contributed by atoms with Gasteiger partial charge in [-0.3, -0.25) is 4.98 Å². The van der Waals surface area contributed by atoms with Gasteiger partial charge in [0.25, 0.3) is 0 Å². The van der Waals surface area contributed by atoms with E-state index < -0.39 is 0 Å². The fraction of sp³-hybridized carbons (Fsp3) is 0.583. The van der Waals surface area contributed by atoms with Crippen LogP contribution in [0.15, 0.2) is 22.8 Å². The lowest BCUT2D eigenvalue weighted by atomic mass is 9.71. The molecule has 0 saturated heterocycles. The Balaban J connectivity index is 2.36. The Morgan fingerprint density at radius 2 is 2.07 bits per heavy atom. The lowest BCUT2D eigenvalue weighted by Gasteiger charge is -2.36. The highest BCUT2D eigenvalue weighted by atomic mass is 79.9. The Kier molecular flexibility index (Phi) is 3.42. The maximum absolute atomic E-state index is 5.98. The van der Waals surface area contributed by atoms with Crippen LogP contribution in [0, 0.1) is 0 Å². The summed E-state index contributed by atoms with van der Waals surface area (Å²) in [6.07, 6.45) is 8.12. The Hall–Kier alpha value is -0.410. The SMILES string of the molecule is NCC1(c2ncccc2Br)CCCCC1. The molecule has 0 bridgehead atoms.